The summed E-state index contributed by atoms with van der Waals surface area (Å²) >= 11 is 1.39. The third-order valence-electron chi connectivity index (χ3n) is 5.75. The summed E-state index contributed by atoms with van der Waals surface area (Å²) in [5.74, 6) is -0.667. The minimum Gasteiger partial charge on any atom is -0.476 e. The van der Waals surface area contributed by atoms with Crippen molar-refractivity contribution in [2.24, 2.45) is 0 Å². The van der Waals surface area contributed by atoms with Gasteiger partial charge in [0.1, 0.15) is 10.6 Å². The van der Waals surface area contributed by atoms with Crippen LogP contribution in [0.5, 0.6) is 5.75 Å². The first kappa shape index (κ1) is 22.9. The average molecular weight is 494 g/mol. The van der Waals surface area contributed by atoms with Crippen molar-refractivity contribution in [1.29, 1.82) is 0 Å². The maximum atomic E-state index is 13.1. The highest BCUT2D eigenvalue weighted by Gasteiger charge is 2.28. The van der Waals surface area contributed by atoms with Gasteiger partial charge in [-0.1, -0.05) is 12.1 Å². The van der Waals surface area contributed by atoms with Crippen molar-refractivity contribution < 1.29 is 27.9 Å². The molecule has 9 heteroatoms. The summed E-state index contributed by atoms with van der Waals surface area (Å²) in [4.78, 5) is 39.7. The molecular weight excluding hydrogens is 470 g/mol. The Bertz CT molecular complexity index is 1450. The molecule has 0 fully saturated rings. The third kappa shape index (κ3) is 4.46. The smallest absolute Gasteiger partial charge is 0.341 e. The summed E-state index contributed by atoms with van der Waals surface area (Å²) in [6.07, 6.45) is 5.12. The molecule has 0 bridgehead atoms. The second-order valence-corrected chi connectivity index (χ2v) is 9.14. The van der Waals surface area contributed by atoms with Crippen molar-refractivity contribution in [2.75, 3.05) is 18.5 Å². The van der Waals surface area contributed by atoms with Gasteiger partial charge in [-0.25, -0.2) is 4.79 Å². The van der Waals surface area contributed by atoms with E-state index in [1.807, 2.05) is 0 Å². The number of benzene rings is 1. The second-order valence-electron chi connectivity index (χ2n) is 8.04. The molecule has 1 N–H and O–H groups in total. The molecule has 4 aromatic rings. The molecule has 180 valence electrons. The number of esters is 1. The number of rotatable bonds is 7. The summed E-state index contributed by atoms with van der Waals surface area (Å²) < 4.78 is 22.2. The lowest BCUT2D eigenvalue weighted by Crippen LogP contribution is -2.23. The SMILES string of the molecule is CCOC(=O)c1c(NC(=O)COc2c(-c3ccco3)oc3ccccc3c2=O)sc2c1CCCC2. The van der Waals surface area contributed by atoms with Gasteiger partial charge in [0, 0.05) is 4.88 Å². The maximum absolute atomic E-state index is 13.1. The number of carbonyl (C=O) groups excluding carboxylic acids is 2. The van der Waals surface area contributed by atoms with Gasteiger partial charge in [0.2, 0.25) is 16.9 Å². The van der Waals surface area contributed by atoms with Gasteiger partial charge in [-0.2, -0.15) is 0 Å². The average Bonchev–Trinajstić information content (AvgIpc) is 3.51. The van der Waals surface area contributed by atoms with Crippen molar-refractivity contribution in [3.8, 4) is 17.3 Å². The van der Waals surface area contributed by atoms with E-state index in [4.69, 9.17) is 18.3 Å². The van der Waals surface area contributed by atoms with Crippen LogP contribution in [0.4, 0.5) is 5.00 Å². The van der Waals surface area contributed by atoms with Gasteiger partial charge >= 0.3 is 5.97 Å². The Morgan fingerprint density at radius 2 is 1.94 bits per heavy atom. The van der Waals surface area contributed by atoms with Gasteiger partial charge < -0.3 is 23.6 Å². The topological polar surface area (TPSA) is 108 Å². The van der Waals surface area contributed by atoms with Crippen LogP contribution in [0, 0.1) is 0 Å². The molecule has 0 saturated carbocycles. The number of furan rings is 1. The van der Waals surface area contributed by atoms with Crippen LogP contribution >= 0.6 is 11.3 Å². The zero-order valence-electron chi connectivity index (χ0n) is 19.1. The molecule has 0 atom stereocenters. The molecule has 1 amide bonds. The lowest BCUT2D eigenvalue weighted by atomic mass is 9.95. The number of aryl methyl sites for hydroxylation is 1. The molecule has 8 nitrogen and oxygen atoms in total. The van der Waals surface area contributed by atoms with Crippen LogP contribution in [0.3, 0.4) is 0 Å². The van der Waals surface area contributed by atoms with Gasteiger partial charge in [0.25, 0.3) is 5.91 Å². The van der Waals surface area contributed by atoms with Crippen molar-refractivity contribution in [2.45, 2.75) is 32.6 Å². The predicted octanol–water partition coefficient (Wildman–Crippen LogP) is 5.19. The van der Waals surface area contributed by atoms with Gasteiger partial charge in [-0.3, -0.25) is 9.59 Å². The lowest BCUT2D eigenvalue weighted by molar-refractivity contribution is -0.118. The number of anilines is 1. The Morgan fingerprint density at radius 1 is 1.11 bits per heavy atom. The Morgan fingerprint density at radius 3 is 2.74 bits per heavy atom. The van der Waals surface area contributed by atoms with Crippen molar-refractivity contribution in [3.63, 3.8) is 0 Å². The number of amides is 1. The molecule has 3 heterocycles. The molecule has 0 radical (unpaired) electrons. The Kier molecular flexibility index (Phi) is 6.41. The second kappa shape index (κ2) is 9.79. The van der Waals surface area contributed by atoms with Crippen molar-refractivity contribution in [3.05, 3.63) is 68.9 Å². The molecule has 0 aliphatic heterocycles. The first-order valence-corrected chi connectivity index (χ1v) is 12.2. The first-order chi connectivity index (χ1) is 17.1. The molecule has 0 saturated heterocycles. The van der Waals surface area contributed by atoms with Gasteiger partial charge in [0.15, 0.2) is 12.4 Å². The van der Waals surface area contributed by atoms with E-state index < -0.39 is 23.9 Å². The molecular formula is C26H23NO7S. The van der Waals surface area contributed by atoms with E-state index in [9.17, 15) is 14.4 Å². The number of ether oxygens (including phenoxy) is 2. The highest BCUT2D eigenvalue weighted by Crippen LogP contribution is 2.38. The van der Waals surface area contributed by atoms with E-state index in [-0.39, 0.29) is 18.1 Å². The summed E-state index contributed by atoms with van der Waals surface area (Å²) in [5.41, 5.74) is 1.33. The fraction of sp³-hybridized carbons (Fsp3) is 0.269. The minimum atomic E-state index is -0.507. The molecule has 35 heavy (non-hydrogen) atoms. The fourth-order valence-electron chi connectivity index (χ4n) is 4.20. The van der Waals surface area contributed by atoms with E-state index in [2.05, 4.69) is 5.32 Å². The summed E-state index contributed by atoms with van der Waals surface area (Å²) in [7, 11) is 0. The van der Waals surface area contributed by atoms with Crippen LogP contribution in [-0.4, -0.2) is 25.1 Å². The van der Waals surface area contributed by atoms with Crippen LogP contribution < -0.4 is 15.5 Å². The Balaban J connectivity index is 1.42. The van der Waals surface area contributed by atoms with Crippen LogP contribution in [-0.2, 0) is 22.4 Å². The monoisotopic (exact) mass is 493 g/mol. The largest absolute Gasteiger partial charge is 0.476 e. The van der Waals surface area contributed by atoms with E-state index >= 15 is 0 Å². The van der Waals surface area contributed by atoms with Crippen LogP contribution in [0.2, 0.25) is 0 Å². The van der Waals surface area contributed by atoms with Gasteiger partial charge in [-0.05, 0) is 62.4 Å². The Labute approximate surface area is 204 Å². The number of thiophene rings is 1. The number of para-hydroxylation sites is 1. The maximum Gasteiger partial charge on any atom is 0.341 e. The van der Waals surface area contributed by atoms with Crippen molar-refractivity contribution in [1.82, 2.24) is 0 Å². The van der Waals surface area contributed by atoms with E-state index in [0.29, 0.717) is 27.3 Å². The highest BCUT2D eigenvalue weighted by atomic mass is 32.1. The number of hydrogen-bond acceptors (Lipinski definition) is 8. The Hall–Kier alpha value is -3.85. The van der Waals surface area contributed by atoms with E-state index in [1.54, 1.807) is 43.3 Å². The molecule has 5 rings (SSSR count). The van der Waals surface area contributed by atoms with E-state index in [1.165, 1.54) is 17.6 Å². The molecule has 0 unspecified atom stereocenters. The van der Waals surface area contributed by atoms with Gasteiger partial charge in [0.05, 0.1) is 23.8 Å². The predicted molar refractivity (Wildman–Crippen MR) is 131 cm³/mol. The fourth-order valence-corrected chi connectivity index (χ4v) is 5.49. The zero-order valence-corrected chi connectivity index (χ0v) is 19.9. The number of hydrogen-bond donors (Lipinski definition) is 1. The lowest BCUT2D eigenvalue weighted by Gasteiger charge is -2.12. The van der Waals surface area contributed by atoms with E-state index in [0.717, 1.165) is 36.1 Å². The minimum absolute atomic E-state index is 0.102. The van der Waals surface area contributed by atoms with Crippen LogP contribution in [0.1, 0.15) is 40.6 Å². The zero-order chi connectivity index (χ0) is 24.4. The number of carbonyl (C=O) groups is 2. The molecule has 3 aromatic heterocycles. The number of nitrogens with one attached hydrogen (secondary N) is 1. The molecule has 1 aliphatic carbocycles. The molecule has 1 aliphatic rings. The van der Waals surface area contributed by atoms with Crippen LogP contribution in [0.15, 0.2) is 56.3 Å². The van der Waals surface area contributed by atoms with Crippen LogP contribution in [0.25, 0.3) is 22.5 Å². The third-order valence-corrected chi connectivity index (χ3v) is 6.96. The highest BCUT2D eigenvalue weighted by molar-refractivity contribution is 7.17. The quantitative estimate of drug-likeness (QED) is 0.353. The first-order valence-electron chi connectivity index (χ1n) is 11.4. The normalized spacial score (nSPS) is 12.8. The van der Waals surface area contributed by atoms with Crippen molar-refractivity contribution >= 4 is 39.2 Å². The number of fused-ring (bicyclic) bond motifs is 2. The summed E-state index contributed by atoms with van der Waals surface area (Å²) in [6.45, 7) is 1.53. The van der Waals surface area contributed by atoms with Gasteiger partial charge in [-0.15, -0.1) is 11.3 Å². The molecule has 0 spiro atoms. The molecule has 1 aromatic carbocycles. The summed E-state index contributed by atoms with van der Waals surface area (Å²) in [5, 5.41) is 3.56. The standard InChI is InChI=1S/C26H23NO7S/c1-2-31-26(30)21-16-9-4-6-12-19(16)35-25(21)27-20(28)14-33-24-22(29)15-8-3-5-10-17(15)34-23(24)18-11-7-13-32-18/h3,5,7-8,10-11,13H,2,4,6,9,12,14H2,1H3,(H,27,28). The summed E-state index contributed by atoms with van der Waals surface area (Å²) in [6, 6.07) is 10.1.